The topological polar surface area (TPSA) is 57.0 Å². The fraction of sp³-hybridized carbons (Fsp3) is 0.625. The number of hydrogen-bond acceptors (Lipinski definition) is 4. The van der Waals surface area contributed by atoms with Crippen molar-refractivity contribution in [3.05, 3.63) is 10.3 Å². The molecule has 14 heavy (non-hydrogen) atoms. The van der Waals surface area contributed by atoms with Gasteiger partial charge in [0.1, 0.15) is 11.3 Å². The number of carbonyl (C=O) groups is 1. The first-order chi connectivity index (χ1) is 6.40. The van der Waals surface area contributed by atoms with E-state index in [9.17, 15) is 4.79 Å². The number of rotatable bonds is 3. The molecule has 0 radical (unpaired) electrons. The van der Waals surface area contributed by atoms with Crippen molar-refractivity contribution in [3.8, 4) is 0 Å². The molecule has 6 heteroatoms. The summed E-state index contributed by atoms with van der Waals surface area (Å²) < 4.78 is 6.96. The summed E-state index contributed by atoms with van der Waals surface area (Å²) in [5, 5.41) is 7.47. The molecule has 0 atom stereocenters. The smallest absolute Gasteiger partial charge is 0.214 e. The molecule has 5 nitrogen and oxygen atoms in total. The van der Waals surface area contributed by atoms with Crippen LogP contribution in [0.2, 0.25) is 0 Å². The lowest BCUT2D eigenvalue weighted by Gasteiger charge is -2.20. The molecule has 0 amide bonds. The minimum atomic E-state index is -0.863. The molecule has 0 aromatic carbocycles. The van der Waals surface area contributed by atoms with Gasteiger partial charge in [-0.15, -0.1) is 5.10 Å². The van der Waals surface area contributed by atoms with Crippen molar-refractivity contribution >= 4 is 21.7 Å². The van der Waals surface area contributed by atoms with Crippen LogP contribution in [0.5, 0.6) is 0 Å². The van der Waals surface area contributed by atoms with E-state index >= 15 is 0 Å². The van der Waals surface area contributed by atoms with Crippen LogP contribution >= 0.6 is 15.9 Å². The van der Waals surface area contributed by atoms with Crippen molar-refractivity contribution in [2.24, 2.45) is 7.05 Å². The summed E-state index contributed by atoms with van der Waals surface area (Å²) in [5.74, 6) is -0.153. The van der Waals surface area contributed by atoms with E-state index in [1.165, 1.54) is 11.8 Å². The van der Waals surface area contributed by atoms with Gasteiger partial charge in [-0.1, -0.05) is 5.21 Å². The van der Waals surface area contributed by atoms with E-state index in [1.807, 2.05) is 0 Å². The molecule has 0 N–H and O–H groups in total. The van der Waals surface area contributed by atoms with Crippen LogP contribution in [-0.4, -0.2) is 33.5 Å². The van der Waals surface area contributed by atoms with Crippen LogP contribution in [0.4, 0.5) is 0 Å². The molecular formula is C8H12BrN3O2. The summed E-state index contributed by atoms with van der Waals surface area (Å²) in [6, 6.07) is 0. The minimum absolute atomic E-state index is 0.153. The van der Waals surface area contributed by atoms with Crippen LogP contribution in [0.1, 0.15) is 24.3 Å². The molecule has 0 aliphatic rings. The SMILES string of the molecule is COC(C)(C)C(=O)c1c(Br)nnn1C. The average molecular weight is 262 g/mol. The summed E-state index contributed by atoms with van der Waals surface area (Å²) >= 11 is 3.17. The highest BCUT2D eigenvalue weighted by Gasteiger charge is 2.32. The van der Waals surface area contributed by atoms with Crippen molar-refractivity contribution < 1.29 is 9.53 Å². The lowest BCUT2D eigenvalue weighted by molar-refractivity contribution is 0.0219. The monoisotopic (exact) mass is 261 g/mol. The zero-order chi connectivity index (χ0) is 10.9. The van der Waals surface area contributed by atoms with Crippen molar-refractivity contribution in [3.63, 3.8) is 0 Å². The average Bonchev–Trinajstić information content (AvgIpc) is 2.45. The molecule has 1 rings (SSSR count). The Hall–Kier alpha value is -0.750. The van der Waals surface area contributed by atoms with Gasteiger partial charge in [-0.3, -0.25) is 4.79 Å². The quantitative estimate of drug-likeness (QED) is 0.767. The zero-order valence-corrected chi connectivity index (χ0v) is 10.1. The van der Waals surface area contributed by atoms with Crippen LogP contribution in [0, 0.1) is 0 Å². The van der Waals surface area contributed by atoms with E-state index < -0.39 is 5.60 Å². The Morgan fingerprint density at radius 2 is 2.14 bits per heavy atom. The van der Waals surface area contributed by atoms with Gasteiger partial charge in [0.05, 0.1) is 0 Å². The number of carbonyl (C=O) groups excluding carboxylic acids is 1. The third-order valence-corrected chi connectivity index (χ3v) is 2.59. The van der Waals surface area contributed by atoms with Crippen LogP contribution in [-0.2, 0) is 11.8 Å². The highest BCUT2D eigenvalue weighted by Crippen LogP contribution is 2.20. The molecule has 1 aromatic rings. The van der Waals surface area contributed by atoms with Crippen LogP contribution < -0.4 is 0 Å². The Bertz CT molecular complexity index is 340. The predicted octanol–water partition coefficient (Wildman–Crippen LogP) is 1.19. The number of aromatic nitrogens is 3. The summed E-state index contributed by atoms with van der Waals surface area (Å²) in [7, 11) is 3.16. The maximum atomic E-state index is 11.9. The second-order valence-corrected chi connectivity index (χ2v) is 4.15. The molecular weight excluding hydrogens is 250 g/mol. The van der Waals surface area contributed by atoms with Gasteiger partial charge in [-0.2, -0.15) is 0 Å². The highest BCUT2D eigenvalue weighted by molar-refractivity contribution is 9.10. The first-order valence-electron chi connectivity index (χ1n) is 4.05. The molecule has 1 aromatic heterocycles. The standard InChI is InChI=1S/C8H12BrN3O2/c1-8(2,14-4)6(13)5-7(9)10-11-12(5)3/h1-4H3. The van der Waals surface area contributed by atoms with E-state index in [4.69, 9.17) is 4.74 Å². The van der Waals surface area contributed by atoms with E-state index in [0.29, 0.717) is 10.3 Å². The first kappa shape index (κ1) is 11.3. The van der Waals surface area contributed by atoms with Crippen molar-refractivity contribution in [1.82, 2.24) is 15.0 Å². The molecule has 0 spiro atoms. The number of halogens is 1. The number of hydrogen-bond donors (Lipinski definition) is 0. The molecule has 0 saturated heterocycles. The van der Waals surface area contributed by atoms with Gasteiger partial charge in [0, 0.05) is 14.2 Å². The van der Waals surface area contributed by atoms with E-state index in [2.05, 4.69) is 26.2 Å². The second kappa shape index (κ2) is 3.78. The number of methoxy groups -OCH3 is 1. The molecule has 0 saturated carbocycles. The number of ketones is 1. The van der Waals surface area contributed by atoms with E-state index in [-0.39, 0.29) is 5.78 Å². The van der Waals surface area contributed by atoms with Crippen molar-refractivity contribution in [1.29, 1.82) is 0 Å². The molecule has 0 aliphatic carbocycles. The third-order valence-electron chi connectivity index (χ3n) is 2.06. The van der Waals surface area contributed by atoms with E-state index in [0.717, 1.165) is 0 Å². The van der Waals surface area contributed by atoms with Crippen molar-refractivity contribution in [2.75, 3.05) is 7.11 Å². The number of ether oxygens (including phenoxy) is 1. The normalized spacial score (nSPS) is 11.8. The predicted molar refractivity (Wildman–Crippen MR) is 54.1 cm³/mol. The number of nitrogens with zero attached hydrogens (tertiary/aromatic N) is 3. The maximum Gasteiger partial charge on any atom is 0.214 e. The molecule has 0 fully saturated rings. The number of aryl methyl sites for hydroxylation is 1. The molecule has 0 aliphatic heterocycles. The third kappa shape index (κ3) is 1.85. The zero-order valence-electron chi connectivity index (χ0n) is 8.54. The van der Waals surface area contributed by atoms with Gasteiger partial charge in [0.2, 0.25) is 5.78 Å². The summed E-state index contributed by atoms with van der Waals surface area (Å²) in [5.41, 5.74) is -0.449. The van der Waals surface area contributed by atoms with E-state index in [1.54, 1.807) is 20.9 Å². The number of Topliss-reactive ketones (excluding diaryl/α,β-unsaturated/α-hetero) is 1. The highest BCUT2D eigenvalue weighted by atomic mass is 79.9. The van der Waals surface area contributed by atoms with Gasteiger partial charge < -0.3 is 4.74 Å². The van der Waals surface area contributed by atoms with Gasteiger partial charge >= 0.3 is 0 Å². The summed E-state index contributed by atoms with van der Waals surface area (Å²) in [4.78, 5) is 11.9. The van der Waals surface area contributed by atoms with Crippen LogP contribution in [0.15, 0.2) is 4.60 Å². The van der Waals surface area contributed by atoms with Gasteiger partial charge in [0.15, 0.2) is 4.60 Å². The Morgan fingerprint density at radius 1 is 1.57 bits per heavy atom. The second-order valence-electron chi connectivity index (χ2n) is 3.40. The molecule has 1 heterocycles. The van der Waals surface area contributed by atoms with Crippen LogP contribution in [0.3, 0.4) is 0 Å². The first-order valence-corrected chi connectivity index (χ1v) is 4.84. The lowest BCUT2D eigenvalue weighted by Crippen LogP contribution is -2.35. The Morgan fingerprint density at radius 3 is 2.50 bits per heavy atom. The van der Waals surface area contributed by atoms with Gasteiger partial charge in [0.25, 0.3) is 0 Å². The fourth-order valence-corrected chi connectivity index (χ4v) is 1.46. The fourth-order valence-electron chi connectivity index (χ4n) is 0.950. The maximum absolute atomic E-state index is 11.9. The molecule has 78 valence electrons. The Balaban J connectivity index is 3.13. The van der Waals surface area contributed by atoms with Crippen molar-refractivity contribution in [2.45, 2.75) is 19.4 Å². The minimum Gasteiger partial charge on any atom is -0.371 e. The Kier molecular flexibility index (Phi) is 3.06. The molecule has 0 unspecified atom stereocenters. The lowest BCUT2D eigenvalue weighted by atomic mass is 10.0. The Labute approximate surface area is 90.6 Å². The van der Waals surface area contributed by atoms with Gasteiger partial charge in [-0.05, 0) is 29.8 Å². The summed E-state index contributed by atoms with van der Waals surface area (Å²) in [6.45, 7) is 3.41. The largest absolute Gasteiger partial charge is 0.371 e. The van der Waals surface area contributed by atoms with Crippen LogP contribution in [0.25, 0.3) is 0 Å². The summed E-state index contributed by atoms with van der Waals surface area (Å²) in [6.07, 6.45) is 0. The van der Waals surface area contributed by atoms with Gasteiger partial charge in [-0.25, -0.2) is 4.68 Å². The molecule has 0 bridgehead atoms.